The van der Waals surface area contributed by atoms with Gasteiger partial charge in [0, 0.05) is 17.1 Å². The highest BCUT2D eigenvalue weighted by molar-refractivity contribution is 5.88. The molecule has 0 aromatic heterocycles. The minimum absolute atomic E-state index is 0.0197. The predicted octanol–water partition coefficient (Wildman–Crippen LogP) is 10.2. The summed E-state index contributed by atoms with van der Waals surface area (Å²) >= 11 is 0. The van der Waals surface area contributed by atoms with Crippen LogP contribution in [0.1, 0.15) is 52.5 Å². The molecule has 0 aliphatic heterocycles. The van der Waals surface area contributed by atoms with Crippen molar-refractivity contribution in [3.63, 3.8) is 0 Å². The predicted molar refractivity (Wildman–Crippen MR) is 155 cm³/mol. The van der Waals surface area contributed by atoms with Crippen LogP contribution in [0.4, 0.5) is 11.4 Å². The fraction of sp³-hybridized carbons (Fsp3) is 0.235. The van der Waals surface area contributed by atoms with Crippen LogP contribution in [0.25, 0.3) is 16.3 Å². The minimum atomic E-state index is 0.0197. The fourth-order valence-electron chi connectivity index (χ4n) is 4.29. The second kappa shape index (κ2) is 10.4. The average molecular weight is 460 g/mol. The van der Waals surface area contributed by atoms with E-state index in [-0.39, 0.29) is 5.41 Å². The van der Waals surface area contributed by atoms with Crippen LogP contribution in [-0.2, 0) is 0 Å². The number of hydrogen-bond donors (Lipinski definition) is 0. The third kappa shape index (κ3) is 5.57. The normalized spacial score (nSPS) is 14.1. The molecular formula is C34H37N. The Morgan fingerprint density at radius 2 is 1.57 bits per heavy atom. The standard InChI is InChI=1S/C34H37N/c1-7-25(2)33(23-26(3)34(4,5)6)28-18-20-31(21-19-28)35(30-15-9-8-10-16-30)32-22-17-27-13-11-12-14-29(27)24-32/h9,11-24H,2-3,7-8,10H2,1,4-6H3. The molecule has 178 valence electrons. The minimum Gasteiger partial charge on any atom is -0.311 e. The molecule has 0 atom stereocenters. The van der Waals surface area contributed by atoms with Crippen LogP contribution in [0, 0.1) is 5.41 Å². The van der Waals surface area contributed by atoms with Gasteiger partial charge < -0.3 is 4.90 Å². The van der Waals surface area contributed by atoms with E-state index in [2.05, 4.69) is 137 Å². The Morgan fingerprint density at radius 1 is 0.886 bits per heavy atom. The molecule has 1 heteroatoms. The molecule has 0 spiro atoms. The molecule has 0 fully saturated rings. The van der Waals surface area contributed by atoms with E-state index in [0.717, 1.165) is 36.1 Å². The highest BCUT2D eigenvalue weighted by atomic mass is 15.1. The number of fused-ring (bicyclic) bond motifs is 1. The highest BCUT2D eigenvalue weighted by Crippen LogP contribution is 2.36. The number of anilines is 2. The molecule has 1 nitrogen and oxygen atoms in total. The lowest BCUT2D eigenvalue weighted by Crippen LogP contribution is -2.16. The largest absolute Gasteiger partial charge is 0.311 e. The molecule has 0 heterocycles. The van der Waals surface area contributed by atoms with Crippen molar-refractivity contribution in [2.45, 2.75) is 47.0 Å². The molecule has 35 heavy (non-hydrogen) atoms. The molecule has 4 rings (SSSR count). The first-order valence-corrected chi connectivity index (χ1v) is 12.6. The summed E-state index contributed by atoms with van der Waals surface area (Å²) in [4.78, 5) is 2.36. The van der Waals surface area contributed by atoms with Crippen molar-refractivity contribution in [2.24, 2.45) is 5.41 Å². The molecule has 0 amide bonds. The summed E-state index contributed by atoms with van der Waals surface area (Å²) in [5.41, 5.74) is 8.15. The number of hydrogen-bond acceptors (Lipinski definition) is 1. The summed E-state index contributed by atoms with van der Waals surface area (Å²) in [6, 6.07) is 24.1. The van der Waals surface area contributed by atoms with Gasteiger partial charge in [-0.15, -0.1) is 0 Å². The van der Waals surface area contributed by atoms with Gasteiger partial charge >= 0.3 is 0 Å². The van der Waals surface area contributed by atoms with E-state index in [0.29, 0.717) is 0 Å². The maximum Gasteiger partial charge on any atom is 0.0467 e. The Bertz CT molecular complexity index is 1320. The number of nitrogens with zero attached hydrogens (tertiary/aromatic N) is 1. The Morgan fingerprint density at radius 3 is 2.20 bits per heavy atom. The summed E-state index contributed by atoms with van der Waals surface area (Å²) in [5, 5.41) is 2.50. The third-order valence-electron chi connectivity index (χ3n) is 6.75. The third-order valence-corrected chi connectivity index (χ3v) is 6.75. The second-order valence-electron chi connectivity index (χ2n) is 10.3. The maximum atomic E-state index is 4.35. The summed E-state index contributed by atoms with van der Waals surface area (Å²) in [6.45, 7) is 17.5. The number of allylic oxidation sites excluding steroid dienone is 7. The molecule has 0 N–H and O–H groups in total. The fourth-order valence-corrected chi connectivity index (χ4v) is 4.29. The van der Waals surface area contributed by atoms with Gasteiger partial charge in [0.25, 0.3) is 0 Å². The van der Waals surface area contributed by atoms with E-state index >= 15 is 0 Å². The van der Waals surface area contributed by atoms with Crippen molar-refractivity contribution < 1.29 is 0 Å². The lowest BCUT2D eigenvalue weighted by atomic mass is 9.84. The Kier molecular flexibility index (Phi) is 7.26. The van der Waals surface area contributed by atoms with E-state index in [9.17, 15) is 0 Å². The Labute approximate surface area is 211 Å². The maximum absolute atomic E-state index is 4.35. The van der Waals surface area contributed by atoms with Gasteiger partial charge in [-0.25, -0.2) is 0 Å². The van der Waals surface area contributed by atoms with Crippen LogP contribution in [0.2, 0.25) is 0 Å². The van der Waals surface area contributed by atoms with E-state index in [4.69, 9.17) is 0 Å². The molecule has 3 aromatic rings. The summed E-state index contributed by atoms with van der Waals surface area (Å²) < 4.78 is 0. The molecule has 0 saturated carbocycles. The smallest absolute Gasteiger partial charge is 0.0467 e. The molecule has 1 aliphatic rings. The van der Waals surface area contributed by atoms with Crippen molar-refractivity contribution in [3.8, 4) is 0 Å². The first-order valence-electron chi connectivity index (χ1n) is 12.6. The van der Waals surface area contributed by atoms with Gasteiger partial charge in [-0.2, -0.15) is 0 Å². The van der Waals surface area contributed by atoms with Crippen LogP contribution < -0.4 is 4.90 Å². The van der Waals surface area contributed by atoms with Gasteiger partial charge in [-0.05, 0) is 88.1 Å². The molecule has 0 unspecified atom stereocenters. The molecule has 0 saturated heterocycles. The SMILES string of the molecule is C=C(CC)C(=CC(=C)C(C)(C)C)c1ccc(N(C2=CCCC=C2)c2ccc3ccccc3c2)cc1. The lowest BCUT2D eigenvalue weighted by Gasteiger charge is -2.28. The van der Waals surface area contributed by atoms with E-state index < -0.39 is 0 Å². The van der Waals surface area contributed by atoms with Crippen LogP contribution in [0.15, 0.2) is 121 Å². The summed E-state index contributed by atoms with van der Waals surface area (Å²) in [7, 11) is 0. The van der Waals surface area contributed by atoms with Crippen molar-refractivity contribution in [1.29, 1.82) is 0 Å². The van der Waals surface area contributed by atoms with Crippen molar-refractivity contribution in [1.82, 2.24) is 0 Å². The molecule has 1 aliphatic carbocycles. The quantitative estimate of drug-likeness (QED) is 0.318. The second-order valence-corrected chi connectivity index (χ2v) is 10.3. The monoisotopic (exact) mass is 459 g/mol. The first-order chi connectivity index (χ1) is 16.8. The zero-order valence-electron chi connectivity index (χ0n) is 21.6. The number of benzene rings is 3. The van der Waals surface area contributed by atoms with Crippen molar-refractivity contribution in [3.05, 3.63) is 127 Å². The molecular weight excluding hydrogens is 422 g/mol. The highest BCUT2D eigenvalue weighted by Gasteiger charge is 2.17. The van der Waals surface area contributed by atoms with Crippen LogP contribution in [-0.4, -0.2) is 0 Å². The van der Waals surface area contributed by atoms with E-state index in [1.165, 1.54) is 33.3 Å². The van der Waals surface area contributed by atoms with Gasteiger partial charge in [0.2, 0.25) is 0 Å². The zero-order valence-corrected chi connectivity index (χ0v) is 21.6. The van der Waals surface area contributed by atoms with Gasteiger partial charge in [-0.3, -0.25) is 0 Å². The summed E-state index contributed by atoms with van der Waals surface area (Å²) in [5.74, 6) is 0. The molecule has 3 aromatic carbocycles. The van der Waals surface area contributed by atoms with Crippen LogP contribution >= 0.6 is 0 Å². The van der Waals surface area contributed by atoms with Gasteiger partial charge in [0.05, 0.1) is 0 Å². The van der Waals surface area contributed by atoms with Crippen molar-refractivity contribution >= 4 is 27.7 Å². The average Bonchev–Trinajstić information content (AvgIpc) is 2.87. The molecule has 0 radical (unpaired) electrons. The Balaban J connectivity index is 1.77. The van der Waals surface area contributed by atoms with Crippen molar-refractivity contribution in [2.75, 3.05) is 4.90 Å². The number of rotatable bonds is 7. The summed E-state index contributed by atoms with van der Waals surface area (Å²) in [6.07, 6.45) is 12.1. The van der Waals surface area contributed by atoms with Crippen LogP contribution in [0.3, 0.4) is 0 Å². The van der Waals surface area contributed by atoms with Gasteiger partial charge in [-0.1, -0.05) is 102 Å². The van der Waals surface area contributed by atoms with Crippen LogP contribution in [0.5, 0.6) is 0 Å². The zero-order chi connectivity index (χ0) is 25.0. The van der Waals surface area contributed by atoms with Gasteiger partial charge in [0.15, 0.2) is 0 Å². The van der Waals surface area contributed by atoms with E-state index in [1.54, 1.807) is 0 Å². The van der Waals surface area contributed by atoms with E-state index in [1.807, 2.05) is 0 Å². The molecule has 0 bridgehead atoms. The Hall–Kier alpha value is -3.58. The first kappa shape index (κ1) is 24.5. The lowest BCUT2D eigenvalue weighted by molar-refractivity contribution is 0.519. The van der Waals surface area contributed by atoms with Gasteiger partial charge in [0.1, 0.15) is 0 Å². The topological polar surface area (TPSA) is 3.24 Å².